The average Bonchev–Trinajstić information content (AvgIpc) is 3.20. The fraction of sp³-hybridized carbons (Fsp3) is 0.500. The van der Waals surface area contributed by atoms with Gasteiger partial charge in [-0.05, 0) is 43.0 Å². The van der Waals surface area contributed by atoms with E-state index >= 15 is 0 Å². The van der Waals surface area contributed by atoms with Crippen molar-refractivity contribution in [1.29, 1.82) is 0 Å². The fourth-order valence-corrected chi connectivity index (χ4v) is 3.63. The smallest absolute Gasteiger partial charge is 0.255 e. The maximum Gasteiger partial charge on any atom is 0.255 e. The molecule has 2 aromatic heterocycles. The number of hydrogen-bond acceptors (Lipinski definition) is 5. The van der Waals surface area contributed by atoms with Gasteiger partial charge in [0.25, 0.3) is 5.91 Å². The third-order valence-corrected chi connectivity index (χ3v) is 5.13. The number of hydrogen-bond donors (Lipinski definition) is 0. The average molecular weight is 383 g/mol. The highest BCUT2D eigenvalue weighted by Crippen LogP contribution is 2.22. The SMILES string of the molecule is CC(C)CC(=O)[C@@H]1CCCN(C(=O)c2ccc(N(C)Cc3ccco3)nc2)C1. The fourth-order valence-electron chi connectivity index (χ4n) is 3.63. The maximum atomic E-state index is 12.9. The number of carbonyl (C=O) groups excluding carboxylic acids is 2. The van der Waals surface area contributed by atoms with Gasteiger partial charge in [-0.25, -0.2) is 4.98 Å². The summed E-state index contributed by atoms with van der Waals surface area (Å²) in [6.45, 7) is 5.94. The third-order valence-electron chi connectivity index (χ3n) is 5.13. The number of furan rings is 1. The number of aromatic nitrogens is 1. The van der Waals surface area contributed by atoms with Crippen LogP contribution in [0.15, 0.2) is 41.1 Å². The minimum atomic E-state index is -0.0465. The molecule has 6 nitrogen and oxygen atoms in total. The van der Waals surface area contributed by atoms with Gasteiger partial charge in [0.15, 0.2) is 0 Å². The summed E-state index contributed by atoms with van der Waals surface area (Å²) in [6.07, 6.45) is 5.61. The number of piperidine rings is 1. The van der Waals surface area contributed by atoms with Crippen molar-refractivity contribution in [3.8, 4) is 0 Å². The molecule has 1 atom stereocenters. The van der Waals surface area contributed by atoms with Crippen molar-refractivity contribution in [2.24, 2.45) is 11.8 Å². The minimum Gasteiger partial charge on any atom is -0.467 e. The molecule has 1 aliphatic heterocycles. The molecule has 0 radical (unpaired) electrons. The van der Waals surface area contributed by atoms with Gasteiger partial charge in [-0.2, -0.15) is 0 Å². The molecule has 0 bridgehead atoms. The lowest BCUT2D eigenvalue weighted by molar-refractivity contribution is -0.124. The van der Waals surface area contributed by atoms with Crippen LogP contribution in [0.4, 0.5) is 5.82 Å². The standard InChI is InChI=1S/C22H29N3O3/c1-16(2)12-20(26)18-6-4-10-25(14-18)22(27)17-8-9-21(23-13-17)24(3)15-19-7-5-11-28-19/h5,7-9,11,13,16,18H,4,6,10,12,14-15H2,1-3H3/t18-/m1/s1. The van der Waals surface area contributed by atoms with Crippen molar-refractivity contribution in [1.82, 2.24) is 9.88 Å². The number of likely N-dealkylation sites (tertiary alicyclic amines) is 1. The van der Waals surface area contributed by atoms with Gasteiger partial charge in [0.2, 0.25) is 0 Å². The van der Waals surface area contributed by atoms with Gasteiger partial charge in [-0.1, -0.05) is 13.8 Å². The number of pyridine rings is 1. The van der Waals surface area contributed by atoms with Gasteiger partial charge >= 0.3 is 0 Å². The first-order valence-electron chi connectivity index (χ1n) is 9.95. The van der Waals surface area contributed by atoms with Crippen LogP contribution >= 0.6 is 0 Å². The lowest BCUT2D eigenvalue weighted by Crippen LogP contribution is -2.42. The predicted molar refractivity (Wildman–Crippen MR) is 108 cm³/mol. The van der Waals surface area contributed by atoms with Gasteiger partial charge in [0.05, 0.1) is 18.4 Å². The second kappa shape index (κ2) is 9.04. The van der Waals surface area contributed by atoms with Crippen LogP contribution in [-0.2, 0) is 11.3 Å². The molecule has 3 heterocycles. The molecule has 6 heteroatoms. The highest BCUT2D eigenvalue weighted by molar-refractivity contribution is 5.94. The van der Waals surface area contributed by atoms with Crippen molar-refractivity contribution in [3.63, 3.8) is 0 Å². The number of rotatable bonds is 7. The Bertz CT molecular complexity index is 784. The van der Waals surface area contributed by atoms with Crippen LogP contribution in [0.5, 0.6) is 0 Å². The summed E-state index contributed by atoms with van der Waals surface area (Å²) in [5, 5.41) is 0. The van der Waals surface area contributed by atoms with E-state index in [1.807, 2.05) is 36.2 Å². The zero-order valence-corrected chi connectivity index (χ0v) is 16.9. The van der Waals surface area contributed by atoms with E-state index in [9.17, 15) is 9.59 Å². The molecule has 0 aromatic carbocycles. The quantitative estimate of drug-likeness (QED) is 0.728. The van der Waals surface area contributed by atoms with Crippen LogP contribution < -0.4 is 4.90 Å². The first-order valence-corrected chi connectivity index (χ1v) is 9.95. The Morgan fingerprint density at radius 3 is 2.79 bits per heavy atom. The van der Waals surface area contributed by atoms with Crippen molar-refractivity contribution in [3.05, 3.63) is 48.0 Å². The molecule has 0 N–H and O–H groups in total. The van der Waals surface area contributed by atoms with E-state index in [1.54, 1.807) is 17.4 Å². The Morgan fingerprint density at radius 2 is 2.14 bits per heavy atom. The zero-order valence-electron chi connectivity index (χ0n) is 16.9. The second-order valence-corrected chi connectivity index (χ2v) is 8.00. The van der Waals surface area contributed by atoms with E-state index in [4.69, 9.17) is 4.42 Å². The molecule has 3 rings (SSSR count). The molecule has 1 amide bonds. The van der Waals surface area contributed by atoms with Gasteiger partial charge in [0, 0.05) is 38.7 Å². The molecule has 150 valence electrons. The monoisotopic (exact) mass is 383 g/mol. The normalized spacial score (nSPS) is 17.0. The molecule has 1 aliphatic rings. The maximum absolute atomic E-state index is 12.9. The van der Waals surface area contributed by atoms with Gasteiger partial charge in [-0.3, -0.25) is 9.59 Å². The van der Waals surface area contributed by atoms with Crippen LogP contribution in [0.3, 0.4) is 0 Å². The van der Waals surface area contributed by atoms with E-state index in [0.717, 1.165) is 24.4 Å². The number of anilines is 1. The van der Waals surface area contributed by atoms with Gasteiger partial charge < -0.3 is 14.2 Å². The number of carbonyl (C=O) groups is 2. The molecule has 1 saturated heterocycles. The minimum absolute atomic E-state index is 0.0354. The summed E-state index contributed by atoms with van der Waals surface area (Å²) in [7, 11) is 1.93. The Morgan fingerprint density at radius 1 is 1.32 bits per heavy atom. The summed E-state index contributed by atoms with van der Waals surface area (Å²) < 4.78 is 5.36. The molecule has 0 spiro atoms. The van der Waals surface area contributed by atoms with Crippen LogP contribution in [0.1, 0.15) is 49.2 Å². The summed E-state index contributed by atoms with van der Waals surface area (Å²) in [5.41, 5.74) is 0.562. The first kappa shape index (κ1) is 20.1. The topological polar surface area (TPSA) is 66.7 Å². The molecule has 1 fully saturated rings. The van der Waals surface area contributed by atoms with Crippen molar-refractivity contribution in [2.75, 3.05) is 25.0 Å². The molecule has 2 aromatic rings. The first-order chi connectivity index (χ1) is 13.4. The second-order valence-electron chi connectivity index (χ2n) is 8.00. The van der Waals surface area contributed by atoms with E-state index in [2.05, 4.69) is 18.8 Å². The third kappa shape index (κ3) is 5.00. The summed E-state index contributed by atoms with van der Waals surface area (Å²) in [5.74, 6) is 2.18. The summed E-state index contributed by atoms with van der Waals surface area (Å²) in [6, 6.07) is 7.43. The number of nitrogens with zero attached hydrogens (tertiary/aromatic N) is 3. The van der Waals surface area contributed by atoms with Gasteiger partial charge in [0.1, 0.15) is 17.4 Å². The van der Waals surface area contributed by atoms with Gasteiger partial charge in [-0.15, -0.1) is 0 Å². The van der Waals surface area contributed by atoms with Crippen LogP contribution in [0.25, 0.3) is 0 Å². The van der Waals surface area contributed by atoms with Crippen LogP contribution in [0.2, 0.25) is 0 Å². The highest BCUT2D eigenvalue weighted by Gasteiger charge is 2.29. The van der Waals surface area contributed by atoms with E-state index in [1.165, 1.54) is 0 Å². The van der Waals surface area contributed by atoms with Crippen LogP contribution in [-0.4, -0.2) is 41.7 Å². The number of ketones is 1. The predicted octanol–water partition coefficient (Wildman–Crippen LogP) is 3.78. The molecule has 0 unspecified atom stereocenters. The Hall–Kier alpha value is -2.63. The van der Waals surface area contributed by atoms with E-state index in [-0.39, 0.29) is 17.6 Å². The lowest BCUT2D eigenvalue weighted by atomic mass is 9.89. The lowest BCUT2D eigenvalue weighted by Gasteiger charge is -2.32. The van der Waals surface area contributed by atoms with Crippen molar-refractivity contribution < 1.29 is 14.0 Å². The zero-order chi connectivity index (χ0) is 20.1. The van der Waals surface area contributed by atoms with Crippen molar-refractivity contribution in [2.45, 2.75) is 39.7 Å². The number of Topliss-reactive ketones (excluding diaryl/α,β-unsaturated/α-hetero) is 1. The molecule has 28 heavy (non-hydrogen) atoms. The molecular weight excluding hydrogens is 354 g/mol. The van der Waals surface area contributed by atoms with E-state index < -0.39 is 0 Å². The Balaban J connectivity index is 1.61. The van der Waals surface area contributed by atoms with Crippen LogP contribution in [0, 0.1) is 11.8 Å². The molecule has 0 aliphatic carbocycles. The Kier molecular flexibility index (Phi) is 6.49. The van der Waals surface area contributed by atoms with Crippen molar-refractivity contribution >= 4 is 17.5 Å². The summed E-state index contributed by atoms with van der Waals surface area (Å²) in [4.78, 5) is 33.5. The molecule has 0 saturated carbocycles. The van der Waals surface area contributed by atoms with E-state index in [0.29, 0.717) is 37.5 Å². The Labute approximate surface area is 166 Å². The largest absolute Gasteiger partial charge is 0.467 e. The molecular formula is C22H29N3O3. The summed E-state index contributed by atoms with van der Waals surface area (Å²) >= 11 is 0. The highest BCUT2D eigenvalue weighted by atomic mass is 16.3. The number of amides is 1.